The number of piperidine rings is 1. The lowest BCUT2D eigenvalue weighted by molar-refractivity contribution is 0.155. The third-order valence-electron chi connectivity index (χ3n) is 9.11. The summed E-state index contributed by atoms with van der Waals surface area (Å²) in [5, 5.41) is 3.36. The van der Waals surface area contributed by atoms with Crippen molar-refractivity contribution < 1.29 is 0 Å². The van der Waals surface area contributed by atoms with Gasteiger partial charge in [-0.15, -0.1) is 0 Å². The predicted molar refractivity (Wildman–Crippen MR) is 148 cm³/mol. The van der Waals surface area contributed by atoms with E-state index in [9.17, 15) is 0 Å². The van der Waals surface area contributed by atoms with E-state index < -0.39 is 0 Å². The van der Waals surface area contributed by atoms with E-state index in [-0.39, 0.29) is 0 Å². The van der Waals surface area contributed by atoms with E-state index in [1.165, 1.54) is 80.8 Å². The first kappa shape index (κ1) is 24.6. The van der Waals surface area contributed by atoms with Crippen LogP contribution in [0.15, 0.2) is 47.7 Å². The summed E-state index contributed by atoms with van der Waals surface area (Å²) in [5.74, 6) is 4.41. The van der Waals surface area contributed by atoms with Crippen LogP contribution in [0.4, 0.5) is 5.69 Å². The fraction of sp³-hybridized carbons (Fsp3) is 0.645. The van der Waals surface area contributed by atoms with Crippen LogP contribution < -0.4 is 5.32 Å². The average Bonchev–Trinajstić information content (AvgIpc) is 3.28. The zero-order valence-corrected chi connectivity index (χ0v) is 22.2. The first-order valence-corrected chi connectivity index (χ1v) is 14.3. The van der Waals surface area contributed by atoms with Gasteiger partial charge in [0.25, 0.3) is 0 Å². The van der Waals surface area contributed by atoms with Gasteiger partial charge >= 0.3 is 0 Å². The highest BCUT2D eigenvalue weighted by Crippen LogP contribution is 2.37. The highest BCUT2D eigenvalue weighted by Gasteiger charge is 2.27. The van der Waals surface area contributed by atoms with Crippen LogP contribution in [0.2, 0.25) is 0 Å². The topological polar surface area (TPSA) is 30.9 Å². The number of nitrogens with one attached hydrogen (secondary N) is 1. The molecule has 0 bridgehead atoms. The second-order valence-corrected chi connectivity index (χ2v) is 12.0. The van der Waals surface area contributed by atoms with Crippen LogP contribution in [0.5, 0.6) is 0 Å². The first-order chi connectivity index (χ1) is 16.9. The van der Waals surface area contributed by atoms with Gasteiger partial charge < -0.3 is 10.2 Å². The van der Waals surface area contributed by atoms with E-state index in [0.717, 1.165) is 61.5 Å². The maximum absolute atomic E-state index is 5.10. The molecule has 1 aliphatic carbocycles. The molecular weight excluding hydrogens is 428 g/mol. The fourth-order valence-electron chi connectivity index (χ4n) is 6.68. The molecule has 3 fully saturated rings. The summed E-state index contributed by atoms with van der Waals surface area (Å²) in [6.07, 6.45) is 11.8. The normalized spacial score (nSPS) is 28.5. The third kappa shape index (κ3) is 6.02. The van der Waals surface area contributed by atoms with Gasteiger partial charge in [0.2, 0.25) is 0 Å². The Morgan fingerprint density at radius 1 is 1.06 bits per heavy atom. The number of aliphatic imine (C=N–C) groups is 1. The minimum Gasteiger partial charge on any atom is -0.363 e. The SMILES string of the molecule is C=C1CCC(c2ccc3c(c2)N=C(N2CCN(C[C@H](C)CCC4CCC(C)CC4)CC2)C3)C(=C)N1. The number of amidine groups is 1. The van der Waals surface area contributed by atoms with Crippen LogP contribution in [0, 0.1) is 17.8 Å². The molecule has 0 amide bonds. The van der Waals surface area contributed by atoms with Crippen molar-refractivity contribution >= 4 is 11.5 Å². The van der Waals surface area contributed by atoms with Crippen LogP contribution in [0.3, 0.4) is 0 Å². The Morgan fingerprint density at radius 2 is 1.83 bits per heavy atom. The van der Waals surface area contributed by atoms with Crippen LogP contribution in [0.1, 0.15) is 82.3 Å². The van der Waals surface area contributed by atoms with Gasteiger partial charge in [0.15, 0.2) is 0 Å². The summed E-state index contributed by atoms with van der Waals surface area (Å²) in [4.78, 5) is 10.3. The van der Waals surface area contributed by atoms with E-state index in [4.69, 9.17) is 4.99 Å². The summed E-state index contributed by atoms with van der Waals surface area (Å²) >= 11 is 0. The Labute approximate surface area is 213 Å². The molecular formula is C31H46N4. The molecule has 1 N–H and O–H groups in total. The van der Waals surface area contributed by atoms with Gasteiger partial charge in [-0.25, -0.2) is 4.99 Å². The molecule has 2 saturated heterocycles. The molecule has 1 saturated carbocycles. The summed E-state index contributed by atoms with van der Waals surface area (Å²) in [5.41, 5.74) is 6.03. The molecule has 190 valence electrons. The van der Waals surface area contributed by atoms with E-state index >= 15 is 0 Å². The van der Waals surface area contributed by atoms with Gasteiger partial charge in [0, 0.05) is 56.5 Å². The Morgan fingerprint density at radius 3 is 2.57 bits per heavy atom. The number of hydrogen-bond donors (Lipinski definition) is 1. The number of allylic oxidation sites excluding steroid dienone is 2. The maximum atomic E-state index is 5.10. The Balaban J connectivity index is 1.09. The molecule has 1 aromatic rings. The number of hydrogen-bond acceptors (Lipinski definition) is 4. The average molecular weight is 475 g/mol. The minimum absolute atomic E-state index is 0.359. The lowest BCUT2D eigenvalue weighted by Crippen LogP contribution is -2.49. The van der Waals surface area contributed by atoms with Gasteiger partial charge in [-0.1, -0.05) is 71.2 Å². The standard InChI is InChI=1S/C31H46N4/c1-22-5-9-26(10-6-22)11-7-23(2)21-34-15-17-35(18-16-34)31-20-28-13-12-27(19-30(28)33-31)29-14-8-24(3)32-25(29)4/h12-13,19,22-23,26,29,32H,3-11,14-18,20-21H2,1-2H3/t22?,23-,26?,29?/m1/s1. The summed E-state index contributed by atoms with van der Waals surface area (Å²) in [6.45, 7) is 19.0. The third-order valence-corrected chi connectivity index (χ3v) is 9.11. The molecule has 0 aromatic heterocycles. The molecule has 0 spiro atoms. The lowest BCUT2D eigenvalue weighted by atomic mass is 9.80. The smallest absolute Gasteiger partial charge is 0.109 e. The molecule has 0 radical (unpaired) electrons. The van der Waals surface area contributed by atoms with Crippen LogP contribution in [-0.4, -0.2) is 48.4 Å². The molecule has 35 heavy (non-hydrogen) atoms. The first-order valence-electron chi connectivity index (χ1n) is 14.3. The fourth-order valence-corrected chi connectivity index (χ4v) is 6.68. The van der Waals surface area contributed by atoms with Crippen LogP contribution in [0.25, 0.3) is 0 Å². The molecule has 2 atom stereocenters. The number of fused-ring (bicyclic) bond motifs is 1. The highest BCUT2D eigenvalue weighted by molar-refractivity contribution is 5.92. The molecule has 3 heterocycles. The van der Waals surface area contributed by atoms with Crippen LogP contribution >= 0.6 is 0 Å². The van der Waals surface area contributed by atoms with Crippen molar-refractivity contribution in [1.29, 1.82) is 0 Å². The largest absolute Gasteiger partial charge is 0.363 e. The van der Waals surface area contributed by atoms with Crippen molar-refractivity contribution in [1.82, 2.24) is 15.1 Å². The van der Waals surface area contributed by atoms with E-state index in [1.807, 2.05) is 0 Å². The van der Waals surface area contributed by atoms with Gasteiger partial charge in [-0.05, 0) is 54.2 Å². The quantitative estimate of drug-likeness (QED) is 0.502. The van der Waals surface area contributed by atoms with Gasteiger partial charge in [-0.3, -0.25) is 4.90 Å². The molecule has 4 heteroatoms. The molecule has 1 unspecified atom stereocenters. The summed E-state index contributed by atoms with van der Waals surface area (Å²) in [7, 11) is 0. The number of benzene rings is 1. The maximum Gasteiger partial charge on any atom is 0.109 e. The summed E-state index contributed by atoms with van der Waals surface area (Å²) in [6, 6.07) is 6.89. The second-order valence-electron chi connectivity index (χ2n) is 12.0. The minimum atomic E-state index is 0.359. The molecule has 4 nitrogen and oxygen atoms in total. The van der Waals surface area contributed by atoms with Crippen molar-refractivity contribution in [3.8, 4) is 0 Å². The van der Waals surface area contributed by atoms with Gasteiger partial charge in [0.1, 0.15) is 5.84 Å². The summed E-state index contributed by atoms with van der Waals surface area (Å²) < 4.78 is 0. The number of piperazine rings is 1. The van der Waals surface area contributed by atoms with Crippen molar-refractivity contribution in [2.75, 3.05) is 32.7 Å². The Bertz CT molecular complexity index is 947. The van der Waals surface area contributed by atoms with Crippen molar-refractivity contribution in [2.24, 2.45) is 22.7 Å². The van der Waals surface area contributed by atoms with Crippen LogP contribution in [-0.2, 0) is 6.42 Å². The molecule has 5 rings (SSSR count). The van der Waals surface area contributed by atoms with E-state index in [0.29, 0.717) is 5.92 Å². The molecule has 1 aromatic carbocycles. The van der Waals surface area contributed by atoms with E-state index in [2.05, 4.69) is 60.3 Å². The molecule has 4 aliphatic rings. The zero-order valence-electron chi connectivity index (χ0n) is 22.2. The number of rotatable bonds is 6. The van der Waals surface area contributed by atoms with Gasteiger partial charge in [-0.2, -0.15) is 0 Å². The van der Waals surface area contributed by atoms with Crippen molar-refractivity contribution in [3.05, 3.63) is 53.9 Å². The van der Waals surface area contributed by atoms with Crippen molar-refractivity contribution in [2.45, 2.75) is 77.6 Å². The highest BCUT2D eigenvalue weighted by atomic mass is 15.3. The second kappa shape index (κ2) is 10.9. The van der Waals surface area contributed by atoms with Gasteiger partial charge in [0.05, 0.1) is 5.69 Å². The monoisotopic (exact) mass is 474 g/mol. The van der Waals surface area contributed by atoms with Crippen molar-refractivity contribution in [3.63, 3.8) is 0 Å². The Kier molecular flexibility index (Phi) is 7.67. The Hall–Kier alpha value is -2.07. The van der Waals surface area contributed by atoms with E-state index in [1.54, 1.807) is 0 Å². The zero-order chi connectivity index (χ0) is 24.4. The number of nitrogens with zero attached hydrogens (tertiary/aromatic N) is 3. The lowest BCUT2D eigenvalue weighted by Gasteiger charge is -2.37. The molecule has 3 aliphatic heterocycles. The predicted octanol–water partition coefficient (Wildman–Crippen LogP) is 6.63.